The number of aliphatic hydroxyl groups excluding tert-OH is 1. The van der Waals surface area contributed by atoms with Gasteiger partial charge in [0, 0.05) is 25.7 Å². The van der Waals surface area contributed by atoms with Gasteiger partial charge in [0.2, 0.25) is 0 Å². The molecule has 0 fully saturated rings. The molecule has 0 saturated carbocycles. The molecule has 0 amide bonds. The summed E-state index contributed by atoms with van der Waals surface area (Å²) >= 11 is 0. The van der Waals surface area contributed by atoms with Crippen LogP contribution in [0, 0.1) is 0 Å². The van der Waals surface area contributed by atoms with Crippen molar-refractivity contribution >= 4 is 39.5 Å². The van der Waals surface area contributed by atoms with Crippen LogP contribution in [0.25, 0.3) is 0 Å². The first-order valence-electron chi connectivity index (χ1n) is 41.1. The van der Waals surface area contributed by atoms with Gasteiger partial charge < -0.3 is 33.8 Å². The van der Waals surface area contributed by atoms with E-state index in [9.17, 15) is 43.2 Å². The number of rotatable bonds is 77. The van der Waals surface area contributed by atoms with Crippen LogP contribution in [0.4, 0.5) is 0 Å². The zero-order valence-electron chi connectivity index (χ0n) is 65.7. The standard InChI is InChI=1S/C85H148O17P2/c1-5-9-13-17-21-25-29-32-35-37-39-41-44-46-50-53-57-61-65-69-82(87)95-75-80(101-84(89)71-67-63-59-55-49-28-24-20-16-12-8-4)77-99-103(91,92)97-73-79(86)74-98-104(93,94)100-78-81(102-85(90)72-68-64-60-56-52-48-43-34-31-27-23-19-15-11-7-3)76-96-83(88)70-66-62-58-54-51-47-45-42-40-38-36-33-30-26-22-18-14-10-6-2/h9,13,21-23,25-27,32-36,39-43,79-81,86H,5-8,10-12,14-20,24,28-31,37-38,44-78H2,1-4H3,(H,91,92)(H,93,94)/b13-9-,25-21-,26-22-,27-23-,35-32-,36-33-,41-39-,42-40-,43-34-. The number of carbonyl (C=O) groups is 4. The Morgan fingerprint density at radius 1 is 0.279 bits per heavy atom. The minimum absolute atomic E-state index is 0.0758. The summed E-state index contributed by atoms with van der Waals surface area (Å²) < 4.78 is 68.6. The largest absolute Gasteiger partial charge is 0.472 e. The molecule has 0 radical (unpaired) electrons. The fourth-order valence-electron chi connectivity index (χ4n) is 11.0. The Morgan fingerprint density at radius 2 is 0.500 bits per heavy atom. The number of hydrogen-bond donors (Lipinski definition) is 3. The van der Waals surface area contributed by atoms with Crippen molar-refractivity contribution in [2.45, 2.75) is 367 Å². The Labute approximate surface area is 632 Å². The van der Waals surface area contributed by atoms with Crippen LogP contribution in [-0.2, 0) is 65.4 Å². The topological polar surface area (TPSA) is 237 Å². The van der Waals surface area contributed by atoms with E-state index in [1.54, 1.807) is 0 Å². The van der Waals surface area contributed by atoms with Gasteiger partial charge in [0.15, 0.2) is 12.2 Å². The molecule has 3 N–H and O–H groups in total. The SMILES string of the molecule is CC/C=C\C/C=C\C/C=C\C/C=C\CCCCCCCCC(=O)OCC(COP(=O)(O)OCC(O)COP(=O)(O)OCC(COC(=O)CCCCCCCC/C=C\C/C=C\C/C=C\CCCCC)OC(=O)CCCCCCC/C=C\C/C=C\CCCCC)OC(=O)CCCCCCCCCCCCC. The lowest BCUT2D eigenvalue weighted by molar-refractivity contribution is -0.161. The fraction of sp³-hybridized carbons (Fsp3) is 0.741. The third kappa shape index (κ3) is 75.9. The predicted molar refractivity (Wildman–Crippen MR) is 427 cm³/mol. The summed E-state index contributed by atoms with van der Waals surface area (Å²) in [6.45, 7) is 4.70. The summed E-state index contributed by atoms with van der Waals surface area (Å²) in [4.78, 5) is 73.1. The molecule has 5 unspecified atom stereocenters. The number of esters is 4. The van der Waals surface area contributed by atoms with Crippen molar-refractivity contribution in [3.63, 3.8) is 0 Å². The Bertz CT molecular complexity index is 2390. The van der Waals surface area contributed by atoms with E-state index in [-0.39, 0.29) is 25.7 Å². The average Bonchev–Trinajstić information content (AvgIpc) is 0.931. The van der Waals surface area contributed by atoms with Gasteiger partial charge in [0.1, 0.15) is 19.3 Å². The number of unbranched alkanes of at least 4 members (excludes halogenated alkanes) is 33. The molecule has 17 nitrogen and oxygen atoms in total. The number of ether oxygens (including phenoxy) is 4. The summed E-state index contributed by atoms with van der Waals surface area (Å²) in [5.74, 6) is -2.20. The molecular weight excluding hydrogens is 1350 g/mol. The highest BCUT2D eigenvalue weighted by Gasteiger charge is 2.30. The number of aliphatic hydroxyl groups is 1. The van der Waals surface area contributed by atoms with Gasteiger partial charge in [0.05, 0.1) is 26.4 Å². The Hall–Kier alpha value is -4.28. The van der Waals surface area contributed by atoms with Crippen LogP contribution in [0.5, 0.6) is 0 Å². The van der Waals surface area contributed by atoms with Crippen LogP contribution in [-0.4, -0.2) is 96.7 Å². The second-order valence-corrected chi connectivity index (χ2v) is 30.2. The number of phosphoric ester groups is 2. The van der Waals surface area contributed by atoms with E-state index in [0.29, 0.717) is 25.7 Å². The van der Waals surface area contributed by atoms with Crippen molar-refractivity contribution in [3.05, 3.63) is 109 Å². The highest BCUT2D eigenvalue weighted by Crippen LogP contribution is 2.45. The lowest BCUT2D eigenvalue weighted by Gasteiger charge is -2.21. The molecule has 0 aliphatic heterocycles. The van der Waals surface area contributed by atoms with E-state index < -0.39 is 97.5 Å². The summed E-state index contributed by atoms with van der Waals surface area (Å²) in [7, 11) is -9.96. The minimum Gasteiger partial charge on any atom is -0.462 e. The lowest BCUT2D eigenvalue weighted by Crippen LogP contribution is -2.30. The zero-order valence-corrected chi connectivity index (χ0v) is 67.5. The van der Waals surface area contributed by atoms with E-state index in [1.165, 1.54) is 77.0 Å². The van der Waals surface area contributed by atoms with Crippen molar-refractivity contribution in [1.29, 1.82) is 0 Å². The van der Waals surface area contributed by atoms with Gasteiger partial charge in [-0.2, -0.15) is 0 Å². The molecule has 5 atom stereocenters. The summed E-state index contributed by atoms with van der Waals surface area (Å²) in [6.07, 6.45) is 83.4. The van der Waals surface area contributed by atoms with E-state index >= 15 is 0 Å². The van der Waals surface area contributed by atoms with Crippen LogP contribution in [0.15, 0.2) is 109 Å². The second-order valence-electron chi connectivity index (χ2n) is 27.3. The van der Waals surface area contributed by atoms with Gasteiger partial charge in [-0.15, -0.1) is 0 Å². The Morgan fingerprint density at radius 3 is 0.788 bits per heavy atom. The summed E-state index contributed by atoms with van der Waals surface area (Å²) in [5, 5.41) is 10.6. The molecule has 600 valence electrons. The third-order valence-corrected chi connectivity index (χ3v) is 19.1. The van der Waals surface area contributed by atoms with E-state index in [1.807, 2.05) is 0 Å². The molecule has 0 aliphatic carbocycles. The maximum Gasteiger partial charge on any atom is 0.472 e. The molecule has 0 bridgehead atoms. The average molecular weight is 1500 g/mol. The van der Waals surface area contributed by atoms with Gasteiger partial charge in [-0.3, -0.25) is 37.3 Å². The third-order valence-electron chi connectivity index (χ3n) is 17.2. The van der Waals surface area contributed by atoms with E-state index in [4.69, 9.17) is 37.0 Å². The second kappa shape index (κ2) is 76.9. The predicted octanol–water partition coefficient (Wildman–Crippen LogP) is 24.1. The van der Waals surface area contributed by atoms with Crippen molar-refractivity contribution in [3.8, 4) is 0 Å². The highest BCUT2D eigenvalue weighted by atomic mass is 31.2. The van der Waals surface area contributed by atoms with Crippen molar-refractivity contribution in [2.75, 3.05) is 39.6 Å². The van der Waals surface area contributed by atoms with Crippen molar-refractivity contribution < 1.29 is 80.2 Å². The fourth-order valence-corrected chi connectivity index (χ4v) is 12.5. The van der Waals surface area contributed by atoms with Crippen LogP contribution >= 0.6 is 15.6 Å². The van der Waals surface area contributed by atoms with Gasteiger partial charge >= 0.3 is 39.5 Å². The van der Waals surface area contributed by atoms with Crippen molar-refractivity contribution in [2.24, 2.45) is 0 Å². The van der Waals surface area contributed by atoms with Gasteiger partial charge in [-0.05, 0) is 135 Å². The first kappa shape index (κ1) is 99.7. The maximum atomic E-state index is 13.1. The van der Waals surface area contributed by atoms with Gasteiger partial charge in [-0.25, -0.2) is 9.13 Å². The molecule has 0 aliphatic rings. The van der Waals surface area contributed by atoms with Crippen LogP contribution in [0.2, 0.25) is 0 Å². The monoisotopic (exact) mass is 1500 g/mol. The zero-order chi connectivity index (χ0) is 76.0. The summed E-state index contributed by atoms with van der Waals surface area (Å²) in [5.41, 5.74) is 0. The normalized spacial score (nSPS) is 14.4. The minimum atomic E-state index is -4.98. The van der Waals surface area contributed by atoms with Crippen LogP contribution in [0.1, 0.15) is 349 Å². The molecule has 0 aromatic rings. The number of hydrogen-bond acceptors (Lipinski definition) is 15. The Balaban J connectivity index is 5.33. The quantitative estimate of drug-likeness (QED) is 0.0169. The molecule has 0 heterocycles. The highest BCUT2D eigenvalue weighted by molar-refractivity contribution is 7.47. The molecule has 0 saturated heterocycles. The number of phosphoric acid groups is 2. The first-order chi connectivity index (χ1) is 50.7. The number of carbonyl (C=O) groups excluding carboxylic acids is 4. The van der Waals surface area contributed by atoms with E-state index in [2.05, 4.69) is 137 Å². The van der Waals surface area contributed by atoms with Crippen LogP contribution < -0.4 is 0 Å². The molecular formula is C85H148O17P2. The first-order valence-corrected chi connectivity index (χ1v) is 44.1. The summed E-state index contributed by atoms with van der Waals surface area (Å²) in [6, 6.07) is 0. The molecule has 0 spiro atoms. The molecule has 0 rings (SSSR count). The number of allylic oxidation sites excluding steroid dienone is 18. The van der Waals surface area contributed by atoms with E-state index in [0.717, 1.165) is 193 Å². The Kier molecular flexibility index (Phi) is 73.7. The maximum absolute atomic E-state index is 13.1. The smallest absolute Gasteiger partial charge is 0.462 e. The molecule has 0 aromatic heterocycles. The molecule has 0 aromatic carbocycles. The van der Waals surface area contributed by atoms with Crippen LogP contribution in [0.3, 0.4) is 0 Å². The molecule has 104 heavy (non-hydrogen) atoms. The van der Waals surface area contributed by atoms with Crippen molar-refractivity contribution in [1.82, 2.24) is 0 Å². The molecule has 19 heteroatoms. The van der Waals surface area contributed by atoms with Gasteiger partial charge in [0.25, 0.3) is 0 Å². The lowest BCUT2D eigenvalue weighted by atomic mass is 10.1. The van der Waals surface area contributed by atoms with Gasteiger partial charge in [-0.1, -0.05) is 298 Å².